The number of hydrogen-bond acceptors (Lipinski definition) is 4. The third kappa shape index (κ3) is 7.73. The third-order valence-electron chi connectivity index (χ3n) is 2.45. The predicted molar refractivity (Wildman–Crippen MR) is 86.9 cm³/mol. The maximum Gasteiger partial charge on any atom is 0.323 e. The quantitative estimate of drug-likeness (QED) is 0.648. The van der Waals surface area contributed by atoms with Crippen LogP contribution in [0.4, 0.5) is 0 Å². The van der Waals surface area contributed by atoms with Crippen molar-refractivity contribution in [3.05, 3.63) is 42.5 Å². The second kappa shape index (κ2) is 8.70. The van der Waals surface area contributed by atoms with Gasteiger partial charge in [-0.25, -0.2) is 0 Å². The molecule has 0 aliphatic carbocycles. The van der Waals surface area contributed by atoms with E-state index in [0.717, 1.165) is 11.3 Å². The smallest absolute Gasteiger partial charge is 0.323 e. The summed E-state index contributed by atoms with van der Waals surface area (Å²) in [5, 5.41) is 0. The summed E-state index contributed by atoms with van der Waals surface area (Å²) in [4.78, 5) is 11.5. The van der Waals surface area contributed by atoms with Crippen LogP contribution in [0.1, 0.15) is 26.3 Å². The Bertz CT molecular complexity index is 452. The number of benzene rings is 1. The summed E-state index contributed by atoms with van der Waals surface area (Å²) in [5.74, 6) is 0.379. The van der Waals surface area contributed by atoms with Crippen LogP contribution in [0.5, 0.6) is 5.75 Å². The van der Waals surface area contributed by atoms with E-state index in [1.807, 2.05) is 45.0 Å². The summed E-state index contributed by atoms with van der Waals surface area (Å²) in [6.45, 7) is 9.65. The van der Waals surface area contributed by atoms with Gasteiger partial charge >= 0.3 is 5.97 Å². The van der Waals surface area contributed by atoms with Gasteiger partial charge in [0.15, 0.2) is 0 Å². The molecule has 0 spiro atoms. The predicted octanol–water partition coefficient (Wildman–Crippen LogP) is 2.88. The van der Waals surface area contributed by atoms with Crippen molar-refractivity contribution in [1.82, 2.24) is 0 Å². The van der Waals surface area contributed by atoms with Gasteiger partial charge in [-0.3, -0.25) is 4.79 Å². The van der Waals surface area contributed by atoms with Crippen LogP contribution < -0.4 is 10.5 Å². The highest BCUT2D eigenvalue weighted by molar-refractivity contribution is 5.85. The first-order valence-electron chi connectivity index (χ1n) is 6.63. The molecule has 0 amide bonds. The standard InChI is InChI=1S/C16H23NO3.ClH/c1-5-10-19-15(18)14(17)11-12-6-8-13(9-7-12)20-16(2,3)4;/h5-9,14H,1,10-11,17H2,2-4H3;1H. The Morgan fingerprint density at radius 2 is 1.90 bits per heavy atom. The van der Waals surface area contributed by atoms with E-state index in [4.69, 9.17) is 15.2 Å². The first-order chi connectivity index (χ1) is 9.31. The fraction of sp³-hybridized carbons (Fsp3) is 0.438. The molecular weight excluding hydrogens is 290 g/mol. The lowest BCUT2D eigenvalue weighted by Gasteiger charge is -2.21. The van der Waals surface area contributed by atoms with Crippen molar-refractivity contribution in [3.63, 3.8) is 0 Å². The van der Waals surface area contributed by atoms with Crippen molar-refractivity contribution >= 4 is 18.4 Å². The molecule has 0 aromatic heterocycles. The van der Waals surface area contributed by atoms with Crippen molar-refractivity contribution in [2.45, 2.75) is 38.8 Å². The molecular formula is C16H24ClNO3. The van der Waals surface area contributed by atoms with Gasteiger partial charge in [0.1, 0.15) is 24.0 Å². The van der Waals surface area contributed by atoms with Crippen LogP contribution in [0.15, 0.2) is 36.9 Å². The summed E-state index contributed by atoms with van der Waals surface area (Å²) < 4.78 is 10.6. The average molecular weight is 314 g/mol. The van der Waals surface area contributed by atoms with Crippen molar-refractivity contribution in [2.24, 2.45) is 5.73 Å². The monoisotopic (exact) mass is 313 g/mol. The summed E-state index contributed by atoms with van der Waals surface area (Å²) >= 11 is 0. The number of rotatable bonds is 6. The molecule has 4 nitrogen and oxygen atoms in total. The normalized spacial score (nSPS) is 12.0. The Balaban J connectivity index is 0.00000400. The van der Waals surface area contributed by atoms with E-state index in [0.29, 0.717) is 6.42 Å². The lowest BCUT2D eigenvalue weighted by Crippen LogP contribution is -2.34. The van der Waals surface area contributed by atoms with Gasteiger partial charge in [-0.2, -0.15) is 0 Å². The molecule has 0 aliphatic rings. The Morgan fingerprint density at radius 3 is 2.38 bits per heavy atom. The molecule has 0 saturated carbocycles. The van der Waals surface area contributed by atoms with Crippen molar-refractivity contribution in [2.75, 3.05) is 6.61 Å². The first-order valence-corrected chi connectivity index (χ1v) is 6.63. The third-order valence-corrected chi connectivity index (χ3v) is 2.45. The number of carbonyl (C=O) groups excluding carboxylic acids is 1. The van der Waals surface area contributed by atoms with Gasteiger partial charge in [-0.05, 0) is 44.9 Å². The topological polar surface area (TPSA) is 61.5 Å². The molecule has 0 bridgehead atoms. The first kappa shape index (κ1) is 19.5. The van der Waals surface area contributed by atoms with Gasteiger partial charge in [-0.15, -0.1) is 12.4 Å². The SMILES string of the molecule is C=CCOC(=O)C(N)Cc1ccc(OC(C)(C)C)cc1.Cl. The van der Waals surface area contributed by atoms with Gasteiger partial charge in [0.25, 0.3) is 0 Å². The zero-order valence-corrected chi connectivity index (χ0v) is 13.6. The van der Waals surface area contributed by atoms with Crippen molar-refractivity contribution in [3.8, 4) is 5.75 Å². The maximum atomic E-state index is 11.5. The molecule has 0 saturated heterocycles. The van der Waals surface area contributed by atoms with Crippen LogP contribution in [-0.4, -0.2) is 24.2 Å². The highest BCUT2D eigenvalue weighted by Crippen LogP contribution is 2.19. The number of halogens is 1. The van der Waals surface area contributed by atoms with Crippen LogP contribution in [-0.2, 0) is 16.0 Å². The minimum Gasteiger partial charge on any atom is -0.488 e. The fourth-order valence-electron chi connectivity index (χ4n) is 1.63. The van der Waals surface area contributed by atoms with Gasteiger partial charge in [0, 0.05) is 0 Å². The van der Waals surface area contributed by atoms with Crippen LogP contribution in [0.3, 0.4) is 0 Å². The zero-order valence-electron chi connectivity index (χ0n) is 12.8. The lowest BCUT2D eigenvalue weighted by atomic mass is 10.1. The van der Waals surface area contributed by atoms with E-state index in [2.05, 4.69) is 6.58 Å². The average Bonchev–Trinajstić information content (AvgIpc) is 2.36. The maximum absolute atomic E-state index is 11.5. The molecule has 21 heavy (non-hydrogen) atoms. The number of carbonyl (C=O) groups is 1. The second-order valence-corrected chi connectivity index (χ2v) is 5.59. The van der Waals surface area contributed by atoms with E-state index in [-0.39, 0.29) is 24.6 Å². The molecule has 2 N–H and O–H groups in total. The Kier molecular flexibility index (Phi) is 8.07. The molecule has 0 aliphatic heterocycles. The largest absolute Gasteiger partial charge is 0.488 e. The molecule has 0 fully saturated rings. The van der Waals surface area contributed by atoms with Crippen LogP contribution in [0.25, 0.3) is 0 Å². The summed E-state index contributed by atoms with van der Waals surface area (Å²) in [6, 6.07) is 6.90. The highest BCUT2D eigenvalue weighted by atomic mass is 35.5. The van der Waals surface area contributed by atoms with Gasteiger partial charge < -0.3 is 15.2 Å². The number of nitrogens with two attached hydrogens (primary N) is 1. The van der Waals surface area contributed by atoms with Crippen LogP contribution in [0, 0.1) is 0 Å². The number of ether oxygens (including phenoxy) is 2. The molecule has 1 aromatic carbocycles. The Labute approximate surface area is 132 Å². The molecule has 1 unspecified atom stereocenters. The minimum atomic E-state index is -0.663. The van der Waals surface area contributed by atoms with E-state index < -0.39 is 12.0 Å². The summed E-state index contributed by atoms with van der Waals surface area (Å²) in [6.07, 6.45) is 1.95. The molecule has 0 radical (unpaired) electrons. The number of esters is 1. The van der Waals surface area contributed by atoms with E-state index in [9.17, 15) is 4.79 Å². The van der Waals surface area contributed by atoms with Crippen LogP contribution in [0.2, 0.25) is 0 Å². The molecule has 0 heterocycles. The lowest BCUT2D eigenvalue weighted by molar-refractivity contribution is -0.143. The number of hydrogen-bond donors (Lipinski definition) is 1. The van der Waals surface area contributed by atoms with Crippen molar-refractivity contribution < 1.29 is 14.3 Å². The second-order valence-electron chi connectivity index (χ2n) is 5.59. The Hall–Kier alpha value is -1.52. The molecule has 1 atom stereocenters. The highest BCUT2D eigenvalue weighted by Gasteiger charge is 2.16. The molecule has 5 heteroatoms. The van der Waals surface area contributed by atoms with Crippen LogP contribution >= 0.6 is 12.4 Å². The molecule has 1 rings (SSSR count). The van der Waals surface area contributed by atoms with Gasteiger partial charge in [0.05, 0.1) is 0 Å². The zero-order chi connectivity index (χ0) is 15.2. The van der Waals surface area contributed by atoms with Crippen molar-refractivity contribution in [1.29, 1.82) is 0 Å². The van der Waals surface area contributed by atoms with E-state index in [1.54, 1.807) is 0 Å². The van der Waals surface area contributed by atoms with Gasteiger partial charge in [-0.1, -0.05) is 24.8 Å². The van der Waals surface area contributed by atoms with E-state index in [1.165, 1.54) is 6.08 Å². The van der Waals surface area contributed by atoms with E-state index >= 15 is 0 Å². The fourth-order valence-corrected chi connectivity index (χ4v) is 1.63. The summed E-state index contributed by atoms with van der Waals surface area (Å²) in [5.41, 5.74) is 6.53. The molecule has 1 aromatic rings. The molecule has 118 valence electrons. The summed E-state index contributed by atoms with van der Waals surface area (Å²) in [7, 11) is 0. The minimum absolute atomic E-state index is 0. The van der Waals surface area contributed by atoms with Gasteiger partial charge in [0.2, 0.25) is 0 Å². The Morgan fingerprint density at radius 1 is 1.33 bits per heavy atom.